The standard InChI is InChI=1S/C18H22N4O3S/c1-13-14(5-4-6-16(13)21-8-2-3-9-21)20-18(23)22-10-7-19-15-11-26(24,25)12-17(15)22/h2-6,8-9,15,17,19H,7,10-12H2,1H3,(H,20,23)/t15-,17+/m0/s1. The summed E-state index contributed by atoms with van der Waals surface area (Å²) in [6, 6.07) is 8.94. The molecule has 2 aliphatic rings. The third kappa shape index (κ3) is 3.10. The van der Waals surface area contributed by atoms with Gasteiger partial charge in [0.25, 0.3) is 0 Å². The fraction of sp³-hybridized carbons (Fsp3) is 0.389. The second-order valence-electron chi connectivity index (χ2n) is 6.87. The first-order valence-electron chi connectivity index (χ1n) is 8.69. The van der Waals surface area contributed by atoms with Crippen LogP contribution in [0.2, 0.25) is 0 Å². The molecule has 138 valence electrons. The van der Waals surface area contributed by atoms with Crippen LogP contribution in [0.1, 0.15) is 5.56 Å². The van der Waals surface area contributed by atoms with Gasteiger partial charge in [0.2, 0.25) is 0 Å². The van der Waals surface area contributed by atoms with Gasteiger partial charge in [0.15, 0.2) is 9.84 Å². The molecule has 2 aliphatic heterocycles. The fourth-order valence-corrected chi connectivity index (χ4v) is 5.80. The SMILES string of the molecule is Cc1c(NC(=O)N2CCN[C@H]3CS(=O)(=O)C[C@H]32)cccc1-n1cccc1. The zero-order valence-electron chi connectivity index (χ0n) is 14.6. The lowest BCUT2D eigenvalue weighted by molar-refractivity contribution is 0.163. The van der Waals surface area contributed by atoms with E-state index in [0.717, 1.165) is 16.9 Å². The number of carbonyl (C=O) groups is 1. The van der Waals surface area contributed by atoms with Crippen molar-refractivity contribution >= 4 is 21.6 Å². The van der Waals surface area contributed by atoms with E-state index in [1.807, 2.05) is 54.2 Å². The van der Waals surface area contributed by atoms with Crippen molar-refractivity contribution in [2.75, 3.05) is 29.9 Å². The molecule has 0 unspecified atom stereocenters. The average Bonchev–Trinajstić information content (AvgIpc) is 3.22. The van der Waals surface area contributed by atoms with E-state index in [0.29, 0.717) is 13.1 Å². The van der Waals surface area contributed by atoms with Gasteiger partial charge in [-0.15, -0.1) is 0 Å². The van der Waals surface area contributed by atoms with Crippen LogP contribution in [-0.4, -0.2) is 60.6 Å². The Kier molecular flexibility index (Phi) is 4.24. The van der Waals surface area contributed by atoms with Crippen molar-refractivity contribution in [2.24, 2.45) is 0 Å². The number of hydrogen-bond donors (Lipinski definition) is 2. The molecule has 3 heterocycles. The molecule has 0 aliphatic carbocycles. The third-order valence-corrected chi connectivity index (χ3v) is 6.89. The minimum absolute atomic E-state index is 0.0282. The first kappa shape index (κ1) is 17.1. The van der Waals surface area contributed by atoms with Crippen molar-refractivity contribution in [3.05, 3.63) is 48.3 Å². The predicted octanol–water partition coefficient (Wildman–Crippen LogP) is 1.39. The maximum Gasteiger partial charge on any atom is 0.322 e. The van der Waals surface area contributed by atoms with E-state index in [4.69, 9.17) is 0 Å². The van der Waals surface area contributed by atoms with E-state index >= 15 is 0 Å². The minimum atomic E-state index is -3.10. The van der Waals surface area contributed by atoms with Crippen molar-refractivity contribution < 1.29 is 13.2 Å². The molecule has 2 fully saturated rings. The Morgan fingerprint density at radius 2 is 1.96 bits per heavy atom. The number of carbonyl (C=O) groups excluding carboxylic acids is 1. The summed E-state index contributed by atoms with van der Waals surface area (Å²) in [5.74, 6) is 0.129. The number of benzene rings is 1. The van der Waals surface area contributed by atoms with Crippen LogP contribution in [0, 0.1) is 6.92 Å². The van der Waals surface area contributed by atoms with Gasteiger partial charge >= 0.3 is 6.03 Å². The number of sulfone groups is 1. The van der Waals surface area contributed by atoms with Crippen molar-refractivity contribution in [3.63, 3.8) is 0 Å². The highest BCUT2D eigenvalue weighted by molar-refractivity contribution is 7.91. The monoisotopic (exact) mass is 374 g/mol. The number of piperazine rings is 1. The molecule has 2 atom stereocenters. The number of hydrogen-bond acceptors (Lipinski definition) is 4. The Balaban J connectivity index is 1.56. The van der Waals surface area contributed by atoms with Gasteiger partial charge in [0, 0.05) is 42.9 Å². The molecule has 8 heteroatoms. The summed E-state index contributed by atoms with van der Waals surface area (Å²) >= 11 is 0. The van der Waals surface area contributed by atoms with Crippen LogP contribution in [-0.2, 0) is 9.84 Å². The van der Waals surface area contributed by atoms with Gasteiger partial charge in [-0.25, -0.2) is 13.2 Å². The van der Waals surface area contributed by atoms with Gasteiger partial charge in [-0.2, -0.15) is 0 Å². The first-order valence-corrected chi connectivity index (χ1v) is 10.5. The molecule has 0 radical (unpaired) electrons. The van der Waals surface area contributed by atoms with E-state index in [9.17, 15) is 13.2 Å². The van der Waals surface area contributed by atoms with Crippen LogP contribution in [0.4, 0.5) is 10.5 Å². The summed E-state index contributed by atoms with van der Waals surface area (Å²) in [7, 11) is -3.10. The van der Waals surface area contributed by atoms with Crippen LogP contribution in [0.5, 0.6) is 0 Å². The molecule has 0 spiro atoms. The number of amides is 2. The molecule has 1 aromatic carbocycles. The number of fused-ring (bicyclic) bond motifs is 1. The molecule has 1 aromatic heterocycles. The van der Waals surface area contributed by atoms with Crippen LogP contribution in [0.25, 0.3) is 5.69 Å². The summed E-state index contributed by atoms with van der Waals surface area (Å²) in [6.07, 6.45) is 3.91. The molecule has 0 bridgehead atoms. The summed E-state index contributed by atoms with van der Waals surface area (Å²) in [5.41, 5.74) is 2.69. The maximum absolute atomic E-state index is 12.9. The molecule has 2 saturated heterocycles. The Morgan fingerprint density at radius 1 is 1.19 bits per heavy atom. The molecular weight excluding hydrogens is 352 g/mol. The molecule has 2 amide bonds. The van der Waals surface area contributed by atoms with Crippen LogP contribution in [0.15, 0.2) is 42.7 Å². The Bertz CT molecular complexity index is 924. The van der Waals surface area contributed by atoms with Gasteiger partial charge in [-0.1, -0.05) is 6.07 Å². The highest BCUT2D eigenvalue weighted by Gasteiger charge is 2.44. The van der Waals surface area contributed by atoms with E-state index in [1.165, 1.54) is 0 Å². The highest BCUT2D eigenvalue weighted by atomic mass is 32.2. The normalized spacial score (nSPS) is 24.3. The highest BCUT2D eigenvalue weighted by Crippen LogP contribution is 2.25. The van der Waals surface area contributed by atoms with Gasteiger partial charge in [-0.05, 0) is 36.8 Å². The Labute approximate surface area is 152 Å². The maximum atomic E-state index is 12.9. The van der Waals surface area contributed by atoms with Crippen LogP contribution < -0.4 is 10.6 Å². The molecule has 2 N–H and O–H groups in total. The second kappa shape index (κ2) is 6.44. The number of anilines is 1. The number of nitrogens with zero attached hydrogens (tertiary/aromatic N) is 2. The minimum Gasteiger partial charge on any atom is -0.324 e. The zero-order valence-corrected chi connectivity index (χ0v) is 15.4. The lowest BCUT2D eigenvalue weighted by Crippen LogP contribution is -2.59. The average molecular weight is 374 g/mol. The summed E-state index contributed by atoms with van der Waals surface area (Å²) in [6.45, 7) is 3.07. The first-order chi connectivity index (χ1) is 12.4. The fourth-order valence-electron chi connectivity index (χ4n) is 3.84. The topological polar surface area (TPSA) is 83.4 Å². The van der Waals surface area contributed by atoms with Gasteiger partial charge < -0.3 is 20.1 Å². The summed E-state index contributed by atoms with van der Waals surface area (Å²) in [5, 5.41) is 6.19. The molecule has 26 heavy (non-hydrogen) atoms. The van der Waals surface area contributed by atoms with Gasteiger partial charge in [0.1, 0.15) is 0 Å². The van der Waals surface area contributed by atoms with E-state index in [-0.39, 0.29) is 29.6 Å². The van der Waals surface area contributed by atoms with E-state index < -0.39 is 9.84 Å². The lowest BCUT2D eigenvalue weighted by Gasteiger charge is -2.37. The van der Waals surface area contributed by atoms with Gasteiger partial charge in [0.05, 0.1) is 17.5 Å². The number of aromatic nitrogens is 1. The third-order valence-electron chi connectivity index (χ3n) is 5.17. The number of nitrogens with one attached hydrogen (secondary N) is 2. The number of urea groups is 1. The molecular formula is C18H22N4O3S. The predicted molar refractivity (Wildman–Crippen MR) is 100 cm³/mol. The second-order valence-corrected chi connectivity index (χ2v) is 9.02. The summed E-state index contributed by atoms with van der Waals surface area (Å²) < 4.78 is 25.9. The Hall–Kier alpha value is -2.32. The molecule has 4 rings (SSSR count). The van der Waals surface area contributed by atoms with Crippen molar-refractivity contribution in [3.8, 4) is 5.69 Å². The van der Waals surface area contributed by atoms with Crippen molar-refractivity contribution in [1.29, 1.82) is 0 Å². The Morgan fingerprint density at radius 3 is 2.73 bits per heavy atom. The summed E-state index contributed by atoms with van der Waals surface area (Å²) in [4.78, 5) is 14.5. The quantitative estimate of drug-likeness (QED) is 0.832. The largest absolute Gasteiger partial charge is 0.324 e. The van der Waals surface area contributed by atoms with E-state index in [2.05, 4.69) is 10.6 Å². The lowest BCUT2D eigenvalue weighted by atomic mass is 10.1. The number of rotatable bonds is 2. The van der Waals surface area contributed by atoms with Crippen molar-refractivity contribution in [1.82, 2.24) is 14.8 Å². The zero-order chi connectivity index (χ0) is 18.3. The van der Waals surface area contributed by atoms with Crippen LogP contribution in [0.3, 0.4) is 0 Å². The molecule has 2 aromatic rings. The van der Waals surface area contributed by atoms with Crippen molar-refractivity contribution in [2.45, 2.75) is 19.0 Å². The molecule has 0 saturated carbocycles. The van der Waals surface area contributed by atoms with E-state index in [1.54, 1.807) is 4.90 Å². The smallest absolute Gasteiger partial charge is 0.322 e. The van der Waals surface area contributed by atoms with Gasteiger partial charge in [-0.3, -0.25) is 0 Å². The van der Waals surface area contributed by atoms with Crippen LogP contribution >= 0.6 is 0 Å². The molecule has 7 nitrogen and oxygen atoms in total.